The van der Waals surface area contributed by atoms with Gasteiger partial charge in [0.1, 0.15) is 17.3 Å². The Morgan fingerprint density at radius 2 is 1.24 bits per heavy atom. The van der Waals surface area contributed by atoms with E-state index in [-0.39, 0.29) is 0 Å². The van der Waals surface area contributed by atoms with Crippen molar-refractivity contribution in [2.75, 3.05) is 5.32 Å². The van der Waals surface area contributed by atoms with Crippen molar-refractivity contribution >= 4 is 19.4 Å². The number of anilines is 1. The molecule has 0 bridgehead atoms. The van der Waals surface area contributed by atoms with E-state index in [9.17, 15) is 9.36 Å². The number of rotatable bonds is 8. The third kappa shape index (κ3) is 5.99. The van der Waals surface area contributed by atoms with Gasteiger partial charge in [0.25, 0.3) is 0 Å². The molecule has 2 N–H and O–H groups in total. The molecule has 1 heterocycles. The molecule has 1 aromatic heterocycles. The molecule has 166 valence electrons. The number of hydrogen-bond acceptors (Lipinski definition) is 5. The van der Waals surface area contributed by atoms with Gasteiger partial charge in [0.15, 0.2) is 5.78 Å². The van der Waals surface area contributed by atoms with Gasteiger partial charge in [-0.3, -0.25) is 5.32 Å². The van der Waals surface area contributed by atoms with Crippen LogP contribution in [-0.4, -0.2) is 11.0 Å². The molecular formula is C25H22N3O4P. The number of carbonyl (C=O) groups excluding carboxylic acids is 1. The molecule has 7 nitrogen and oxygen atoms in total. The highest BCUT2D eigenvalue weighted by Crippen LogP contribution is 2.58. The van der Waals surface area contributed by atoms with Gasteiger partial charge in [-0.2, -0.15) is 0 Å². The van der Waals surface area contributed by atoms with Gasteiger partial charge < -0.3 is 14.4 Å². The van der Waals surface area contributed by atoms with Gasteiger partial charge in [-0.25, -0.2) is 14.3 Å². The van der Waals surface area contributed by atoms with Crippen molar-refractivity contribution in [1.29, 1.82) is 0 Å². The van der Waals surface area contributed by atoms with Crippen LogP contribution in [0.3, 0.4) is 0 Å². The first-order valence-electron chi connectivity index (χ1n) is 10.2. The van der Waals surface area contributed by atoms with Crippen LogP contribution < -0.4 is 19.7 Å². The highest BCUT2D eigenvalue weighted by atomic mass is 31.2. The summed E-state index contributed by atoms with van der Waals surface area (Å²) in [6.45, 7) is 0. The summed E-state index contributed by atoms with van der Waals surface area (Å²) in [7, 11) is -4.05. The first kappa shape index (κ1) is 22.1. The lowest BCUT2D eigenvalue weighted by molar-refractivity contribution is 0.249. The van der Waals surface area contributed by atoms with E-state index in [0.29, 0.717) is 22.9 Å². The second-order valence-electron chi connectivity index (χ2n) is 6.98. The average Bonchev–Trinajstić information content (AvgIpc) is 2.85. The van der Waals surface area contributed by atoms with Crippen LogP contribution in [0.4, 0.5) is 10.6 Å². The van der Waals surface area contributed by atoms with Crippen molar-refractivity contribution in [2.24, 2.45) is 0 Å². The summed E-state index contributed by atoms with van der Waals surface area (Å²) in [5.74, 6) is -0.0540. The van der Waals surface area contributed by atoms with Crippen LogP contribution in [0.5, 0.6) is 11.5 Å². The molecule has 0 saturated heterocycles. The number of hydrogen-bond donors (Lipinski definition) is 2. The second-order valence-corrected chi connectivity index (χ2v) is 8.94. The zero-order valence-corrected chi connectivity index (χ0v) is 18.5. The molecule has 33 heavy (non-hydrogen) atoms. The van der Waals surface area contributed by atoms with Crippen LogP contribution in [0.1, 0.15) is 11.3 Å². The van der Waals surface area contributed by atoms with E-state index >= 15 is 0 Å². The zero-order valence-electron chi connectivity index (χ0n) is 17.6. The maximum absolute atomic E-state index is 14.3. The maximum Gasteiger partial charge on any atom is 0.457 e. The fraction of sp³-hybridized carbons (Fsp3) is 0.0400. The van der Waals surface area contributed by atoms with E-state index in [1.807, 2.05) is 18.2 Å². The molecular weight excluding hydrogens is 437 g/mol. The summed E-state index contributed by atoms with van der Waals surface area (Å²) in [6.07, 6.45) is 1.56. The van der Waals surface area contributed by atoms with Crippen LogP contribution >= 0.6 is 7.60 Å². The summed E-state index contributed by atoms with van der Waals surface area (Å²) in [5, 5.41) is 5.41. The largest absolute Gasteiger partial charge is 0.457 e. The Hall–Kier alpha value is -4.09. The van der Waals surface area contributed by atoms with Crippen LogP contribution in [-0.2, 0) is 4.57 Å². The predicted octanol–water partition coefficient (Wildman–Crippen LogP) is 6.25. The first-order chi connectivity index (χ1) is 16.1. The van der Waals surface area contributed by atoms with Gasteiger partial charge in [0.05, 0.1) is 0 Å². The Bertz CT molecular complexity index is 1160. The molecule has 0 fully saturated rings. The minimum absolute atomic E-state index is 0.351. The Morgan fingerprint density at radius 1 is 0.727 bits per heavy atom. The first-order valence-corrected chi connectivity index (χ1v) is 11.9. The number of nitrogens with one attached hydrogen (secondary N) is 2. The standard InChI is InChI=1S/C25H22N3O4P/c29-25(27-23-18-10-11-19-26-23)28-24(20-12-4-1-5-13-20)33(30,31-21-14-6-2-7-15-21)32-22-16-8-3-9-17-22/h1-19,24H,(H2,26,27,28,29). The smallest absolute Gasteiger partial charge is 0.414 e. The molecule has 4 rings (SSSR count). The Balaban J connectivity index is 1.70. The van der Waals surface area contributed by atoms with Crippen molar-refractivity contribution in [3.8, 4) is 11.5 Å². The summed E-state index contributed by atoms with van der Waals surface area (Å²) < 4.78 is 26.2. The van der Waals surface area contributed by atoms with E-state index < -0.39 is 19.4 Å². The monoisotopic (exact) mass is 459 g/mol. The Morgan fingerprint density at radius 3 is 1.76 bits per heavy atom. The quantitative estimate of drug-likeness (QED) is 0.304. The molecule has 2 amide bonds. The topological polar surface area (TPSA) is 89.6 Å². The molecule has 0 aliphatic heterocycles. The maximum atomic E-state index is 14.3. The molecule has 0 spiro atoms. The van der Waals surface area contributed by atoms with Crippen molar-refractivity contribution < 1.29 is 18.4 Å². The molecule has 1 unspecified atom stereocenters. The number of aromatic nitrogens is 1. The van der Waals surface area contributed by atoms with E-state index in [1.165, 1.54) is 0 Å². The van der Waals surface area contributed by atoms with Gasteiger partial charge in [0, 0.05) is 6.20 Å². The number of nitrogens with zero attached hydrogens (tertiary/aromatic N) is 1. The Kier molecular flexibility index (Phi) is 7.03. The normalized spacial score (nSPS) is 11.8. The van der Waals surface area contributed by atoms with Gasteiger partial charge in [-0.15, -0.1) is 0 Å². The summed E-state index contributed by atoms with van der Waals surface area (Å²) in [6, 6.07) is 30.9. The fourth-order valence-corrected chi connectivity index (χ4v) is 4.97. The minimum atomic E-state index is -4.05. The molecule has 0 radical (unpaired) electrons. The summed E-state index contributed by atoms with van der Waals surface area (Å²) in [4.78, 5) is 16.9. The van der Waals surface area contributed by atoms with Gasteiger partial charge in [0.2, 0.25) is 0 Å². The molecule has 3 aromatic carbocycles. The number of para-hydroxylation sites is 2. The summed E-state index contributed by atoms with van der Waals surface area (Å²) >= 11 is 0. The molecule has 8 heteroatoms. The highest BCUT2D eigenvalue weighted by molar-refractivity contribution is 7.55. The number of carbonyl (C=O) groups is 1. The molecule has 1 atom stereocenters. The van der Waals surface area contributed by atoms with Crippen molar-refractivity contribution in [1.82, 2.24) is 10.3 Å². The van der Waals surface area contributed by atoms with E-state index in [4.69, 9.17) is 9.05 Å². The number of urea groups is 1. The van der Waals surface area contributed by atoms with E-state index in [0.717, 1.165) is 0 Å². The molecule has 0 saturated carbocycles. The predicted molar refractivity (Wildman–Crippen MR) is 127 cm³/mol. The second kappa shape index (κ2) is 10.5. The average molecular weight is 459 g/mol. The number of benzene rings is 3. The zero-order chi connectivity index (χ0) is 22.9. The number of amides is 2. The van der Waals surface area contributed by atoms with Crippen molar-refractivity contribution in [3.63, 3.8) is 0 Å². The minimum Gasteiger partial charge on any atom is -0.414 e. The van der Waals surface area contributed by atoms with E-state index in [2.05, 4.69) is 15.6 Å². The molecule has 0 aliphatic rings. The Labute approximate surface area is 192 Å². The SMILES string of the molecule is O=C(Nc1ccccn1)NC(c1ccccc1)P(=O)(Oc1ccccc1)Oc1ccccc1. The lowest BCUT2D eigenvalue weighted by Gasteiger charge is -2.28. The third-order valence-corrected chi connectivity index (χ3v) is 6.55. The van der Waals surface area contributed by atoms with Crippen LogP contribution in [0.2, 0.25) is 0 Å². The number of pyridine rings is 1. The highest BCUT2D eigenvalue weighted by Gasteiger charge is 2.42. The lowest BCUT2D eigenvalue weighted by atomic mass is 10.2. The van der Waals surface area contributed by atoms with E-state index in [1.54, 1.807) is 97.2 Å². The van der Waals surface area contributed by atoms with Crippen molar-refractivity contribution in [2.45, 2.75) is 5.78 Å². The van der Waals surface area contributed by atoms with Gasteiger partial charge in [-0.1, -0.05) is 72.8 Å². The molecule has 4 aromatic rings. The van der Waals surface area contributed by atoms with Crippen LogP contribution in [0, 0.1) is 0 Å². The summed E-state index contributed by atoms with van der Waals surface area (Å²) in [5.41, 5.74) is 0.559. The molecule has 0 aliphatic carbocycles. The lowest BCUT2D eigenvalue weighted by Crippen LogP contribution is -2.34. The van der Waals surface area contributed by atoms with Crippen molar-refractivity contribution in [3.05, 3.63) is 121 Å². The van der Waals surface area contributed by atoms with Gasteiger partial charge in [-0.05, 0) is 42.0 Å². The van der Waals surface area contributed by atoms with Gasteiger partial charge >= 0.3 is 13.6 Å². The van der Waals surface area contributed by atoms with Crippen LogP contribution in [0.15, 0.2) is 115 Å². The third-order valence-electron chi connectivity index (χ3n) is 4.56. The fourth-order valence-electron chi connectivity index (χ4n) is 3.07. The van der Waals surface area contributed by atoms with Crippen LogP contribution in [0.25, 0.3) is 0 Å².